The Kier molecular flexibility index (Phi) is 16.9. The van der Waals surface area contributed by atoms with Crippen molar-refractivity contribution >= 4 is 24.2 Å². The summed E-state index contributed by atoms with van der Waals surface area (Å²) in [4.78, 5) is 45.6. The van der Waals surface area contributed by atoms with Gasteiger partial charge >= 0.3 is 17.9 Å². The predicted molar refractivity (Wildman–Crippen MR) is 119 cm³/mol. The molecule has 0 bridgehead atoms. The summed E-state index contributed by atoms with van der Waals surface area (Å²) in [6, 6.07) is 1.70. The van der Waals surface area contributed by atoms with Crippen LogP contribution in [0.3, 0.4) is 0 Å². The molecule has 0 saturated heterocycles. The first-order chi connectivity index (χ1) is 15.1. The number of carbonyl (C=O) groups excluding carboxylic acids is 4. The third-order valence-corrected chi connectivity index (χ3v) is 3.42. The number of allylic oxidation sites excluding steroid dienone is 7. The zero-order chi connectivity index (χ0) is 25.1. The number of nitrogens with zero attached hydrogens (tertiary/aromatic N) is 2. The summed E-state index contributed by atoms with van der Waals surface area (Å²) in [6.45, 7) is 3.58. The van der Waals surface area contributed by atoms with Gasteiger partial charge in [-0.2, -0.15) is 5.26 Å². The van der Waals surface area contributed by atoms with E-state index >= 15 is 0 Å². The lowest BCUT2D eigenvalue weighted by Gasteiger charge is -2.03. The van der Waals surface area contributed by atoms with Crippen LogP contribution in [0.15, 0.2) is 58.9 Å². The number of hydrogen-bond donors (Lipinski definition) is 0. The Bertz CT molecular complexity index is 836. The Hall–Kier alpha value is -3.93. The third-order valence-electron chi connectivity index (χ3n) is 3.42. The summed E-state index contributed by atoms with van der Waals surface area (Å²) >= 11 is 0. The van der Waals surface area contributed by atoms with Crippen LogP contribution >= 0.6 is 0 Å². The van der Waals surface area contributed by atoms with Gasteiger partial charge in [0.25, 0.3) is 0 Å². The first kappa shape index (κ1) is 30.3. The average Bonchev–Trinajstić information content (AvgIpc) is 2.77. The molecule has 0 heterocycles. The van der Waals surface area contributed by atoms with Crippen molar-refractivity contribution in [1.29, 1.82) is 5.26 Å². The van der Waals surface area contributed by atoms with Gasteiger partial charge in [0.1, 0.15) is 23.5 Å². The second kappa shape index (κ2) is 17.9. The van der Waals surface area contributed by atoms with Gasteiger partial charge in [-0.25, -0.2) is 14.4 Å². The molecule has 0 N–H and O–H groups in total. The van der Waals surface area contributed by atoms with E-state index in [1.54, 1.807) is 25.1 Å². The zero-order valence-electron chi connectivity index (χ0n) is 19.5. The van der Waals surface area contributed by atoms with Gasteiger partial charge in [0.2, 0.25) is 0 Å². The molecule has 0 atom stereocenters. The maximum atomic E-state index is 11.3. The molecule has 0 aromatic rings. The van der Waals surface area contributed by atoms with E-state index in [0.717, 1.165) is 17.4 Å². The van der Waals surface area contributed by atoms with Crippen molar-refractivity contribution < 1.29 is 33.4 Å². The van der Waals surface area contributed by atoms with E-state index in [1.165, 1.54) is 33.5 Å². The number of esters is 3. The molecule has 0 radical (unpaired) electrons. The van der Waals surface area contributed by atoms with Gasteiger partial charge in [-0.1, -0.05) is 17.7 Å². The van der Waals surface area contributed by atoms with Crippen LogP contribution in [0.2, 0.25) is 0 Å². The number of ether oxygens (including phenoxy) is 3. The molecule has 0 rings (SSSR count). The molecule has 0 saturated carbocycles. The summed E-state index contributed by atoms with van der Waals surface area (Å²) in [5, 5.41) is 8.55. The van der Waals surface area contributed by atoms with Crippen LogP contribution in [0.1, 0.15) is 20.3 Å². The van der Waals surface area contributed by atoms with Crippen LogP contribution in [0.25, 0.3) is 0 Å². The van der Waals surface area contributed by atoms with Crippen LogP contribution in [-0.4, -0.2) is 64.5 Å². The van der Waals surface area contributed by atoms with Gasteiger partial charge in [-0.3, -0.25) is 0 Å². The van der Waals surface area contributed by atoms with Gasteiger partial charge < -0.3 is 23.9 Å². The highest BCUT2D eigenvalue weighted by Crippen LogP contribution is 2.04. The van der Waals surface area contributed by atoms with E-state index < -0.39 is 17.9 Å². The number of hydrogen-bond acceptors (Lipinski definition) is 9. The molecule has 174 valence electrons. The van der Waals surface area contributed by atoms with Crippen molar-refractivity contribution in [3.8, 4) is 6.07 Å². The molecule has 0 spiro atoms. The van der Waals surface area contributed by atoms with E-state index in [-0.39, 0.29) is 17.6 Å². The van der Waals surface area contributed by atoms with Crippen LogP contribution < -0.4 is 0 Å². The van der Waals surface area contributed by atoms with Gasteiger partial charge in [0.05, 0.1) is 21.3 Å². The molecule has 32 heavy (non-hydrogen) atoms. The highest BCUT2D eigenvalue weighted by molar-refractivity contribution is 6.14. The molecule has 0 aromatic heterocycles. The number of nitriles is 1. The Morgan fingerprint density at radius 3 is 1.81 bits per heavy atom. The summed E-state index contributed by atoms with van der Waals surface area (Å²) in [5.74, 6) is -2.12. The fraction of sp³-hybridized carbons (Fsp3) is 0.348. The molecule has 9 heteroatoms. The third kappa shape index (κ3) is 14.1. The first-order valence-electron chi connectivity index (χ1n) is 9.27. The summed E-state index contributed by atoms with van der Waals surface area (Å²) in [6.07, 6.45) is 10.7. The zero-order valence-corrected chi connectivity index (χ0v) is 19.5. The van der Waals surface area contributed by atoms with Crippen LogP contribution in [-0.2, 0) is 33.4 Å². The SMILES string of the molecule is COC(=O)/C(C#N)=C/C=C(\C)CC=O.COC(=O)C(=C/C=C(C)/C=C/N(C)C)C(=O)OC. The lowest BCUT2D eigenvalue weighted by molar-refractivity contribution is -0.144. The van der Waals surface area contributed by atoms with Gasteiger partial charge in [0, 0.05) is 20.5 Å². The van der Waals surface area contributed by atoms with Crippen molar-refractivity contribution in [3.63, 3.8) is 0 Å². The normalized spacial score (nSPS) is 11.4. The van der Waals surface area contributed by atoms with Gasteiger partial charge in [-0.05, 0) is 43.8 Å². The van der Waals surface area contributed by atoms with E-state index in [2.05, 4.69) is 14.2 Å². The predicted octanol–water partition coefficient (Wildman–Crippen LogP) is 2.43. The van der Waals surface area contributed by atoms with E-state index in [1.807, 2.05) is 38.2 Å². The lowest BCUT2D eigenvalue weighted by Crippen LogP contribution is -2.15. The maximum Gasteiger partial charge on any atom is 0.348 e. The molecule has 0 amide bonds. The Balaban J connectivity index is 0. The molecule has 0 aliphatic rings. The second-order valence-corrected chi connectivity index (χ2v) is 6.32. The quantitative estimate of drug-likeness (QED) is 0.0767. The fourth-order valence-corrected chi connectivity index (χ4v) is 1.66. The van der Waals surface area contributed by atoms with E-state index in [4.69, 9.17) is 5.26 Å². The second-order valence-electron chi connectivity index (χ2n) is 6.32. The number of rotatable bonds is 9. The molecule has 0 aliphatic carbocycles. The number of carbonyl (C=O) groups is 4. The minimum absolute atomic E-state index is 0.0854. The Labute approximate surface area is 188 Å². The molecule has 0 aromatic carbocycles. The highest BCUT2D eigenvalue weighted by Gasteiger charge is 2.18. The van der Waals surface area contributed by atoms with Crippen molar-refractivity contribution in [3.05, 3.63) is 58.9 Å². The van der Waals surface area contributed by atoms with Gasteiger partial charge in [0.15, 0.2) is 0 Å². The summed E-state index contributed by atoms with van der Waals surface area (Å²) in [5.41, 5.74) is 1.43. The Morgan fingerprint density at radius 1 is 0.875 bits per heavy atom. The summed E-state index contributed by atoms with van der Waals surface area (Å²) in [7, 11) is 7.42. The maximum absolute atomic E-state index is 11.3. The smallest absolute Gasteiger partial charge is 0.348 e. The van der Waals surface area contributed by atoms with Crippen molar-refractivity contribution in [2.75, 3.05) is 35.4 Å². The summed E-state index contributed by atoms with van der Waals surface area (Å²) < 4.78 is 13.4. The monoisotopic (exact) mass is 446 g/mol. The van der Waals surface area contributed by atoms with Crippen LogP contribution in [0, 0.1) is 11.3 Å². The topological polar surface area (TPSA) is 123 Å². The first-order valence-corrected chi connectivity index (χ1v) is 9.27. The molecule has 0 fully saturated rings. The van der Waals surface area contributed by atoms with Crippen LogP contribution in [0.4, 0.5) is 0 Å². The minimum Gasteiger partial charge on any atom is -0.465 e. The largest absolute Gasteiger partial charge is 0.465 e. The van der Waals surface area contributed by atoms with Crippen molar-refractivity contribution in [2.24, 2.45) is 0 Å². The van der Waals surface area contributed by atoms with E-state index in [0.29, 0.717) is 0 Å². The van der Waals surface area contributed by atoms with E-state index in [9.17, 15) is 19.2 Å². The molecule has 0 aliphatic heterocycles. The average molecular weight is 447 g/mol. The standard InChI is InChI=1S/C13H19NO4.C10H11NO3/c1-10(8-9-14(2)3)6-7-11(12(15)17-4)13(16)18-5;1-8(5-6-12)3-4-9(7-11)10(13)14-2/h6-9H,1-5H3;3-4,6H,5H2,1-2H3/b9-8+,10-6+;8-3+,9-4+. The molecule has 9 nitrogen and oxygen atoms in total. The molecule has 0 unspecified atom stereocenters. The molecular formula is C23H30N2O7. The number of methoxy groups -OCH3 is 3. The minimum atomic E-state index is -0.720. The number of aldehydes is 1. The Morgan fingerprint density at radius 2 is 1.41 bits per heavy atom. The fourth-order valence-electron chi connectivity index (χ4n) is 1.66. The lowest BCUT2D eigenvalue weighted by atomic mass is 10.2. The highest BCUT2D eigenvalue weighted by atomic mass is 16.5. The van der Waals surface area contributed by atoms with Crippen LogP contribution in [0.5, 0.6) is 0 Å². The molecular weight excluding hydrogens is 416 g/mol. The van der Waals surface area contributed by atoms with Crippen molar-refractivity contribution in [2.45, 2.75) is 20.3 Å². The van der Waals surface area contributed by atoms with Gasteiger partial charge in [-0.15, -0.1) is 0 Å². The van der Waals surface area contributed by atoms with Crippen molar-refractivity contribution in [1.82, 2.24) is 4.90 Å².